The van der Waals surface area contributed by atoms with Gasteiger partial charge >= 0.3 is 0 Å². The van der Waals surface area contributed by atoms with Crippen molar-refractivity contribution in [1.82, 2.24) is 10.2 Å². The normalized spacial score (nSPS) is 27.7. The van der Waals surface area contributed by atoms with Gasteiger partial charge in [0.2, 0.25) is 0 Å². The Morgan fingerprint density at radius 3 is 2.65 bits per heavy atom. The molecule has 1 fully saturated rings. The highest BCUT2D eigenvalue weighted by atomic mass is 16.5. The van der Waals surface area contributed by atoms with Crippen LogP contribution in [0.5, 0.6) is 0 Å². The quantitative estimate of drug-likeness (QED) is 0.895. The van der Waals surface area contributed by atoms with Crippen molar-refractivity contribution >= 4 is 0 Å². The van der Waals surface area contributed by atoms with Gasteiger partial charge in [-0.15, -0.1) is 0 Å². The Bertz CT molecular complexity index is 421. The highest BCUT2D eigenvalue weighted by Crippen LogP contribution is 2.21. The van der Waals surface area contributed by atoms with Crippen LogP contribution in [0.15, 0.2) is 24.3 Å². The third kappa shape index (κ3) is 3.81. The molecule has 0 amide bonds. The van der Waals surface area contributed by atoms with Gasteiger partial charge in [0.25, 0.3) is 0 Å². The van der Waals surface area contributed by atoms with Gasteiger partial charge in [-0.3, -0.25) is 0 Å². The molecule has 1 heterocycles. The summed E-state index contributed by atoms with van der Waals surface area (Å²) < 4.78 is 5.28. The summed E-state index contributed by atoms with van der Waals surface area (Å²) in [4.78, 5) is 2.46. The molecule has 1 aliphatic rings. The zero-order chi connectivity index (χ0) is 14.5. The summed E-state index contributed by atoms with van der Waals surface area (Å²) in [5.41, 5.74) is 2.64. The van der Waals surface area contributed by atoms with E-state index in [0.29, 0.717) is 24.6 Å². The molecule has 0 saturated carbocycles. The van der Waals surface area contributed by atoms with Crippen molar-refractivity contribution < 1.29 is 4.74 Å². The fourth-order valence-corrected chi connectivity index (χ4v) is 3.09. The maximum Gasteiger partial charge on any atom is 0.0716 e. The molecule has 2 rings (SSSR count). The number of methoxy groups -OCH3 is 1. The molecular formula is C17H28N2O. The third-order valence-electron chi connectivity index (χ3n) is 4.58. The minimum absolute atomic E-state index is 0.608. The van der Waals surface area contributed by atoms with Gasteiger partial charge in [-0.1, -0.05) is 31.2 Å². The molecule has 0 spiro atoms. The second kappa shape index (κ2) is 7.21. The van der Waals surface area contributed by atoms with E-state index in [2.05, 4.69) is 55.4 Å². The second-order valence-electron chi connectivity index (χ2n) is 6.19. The van der Waals surface area contributed by atoms with Crippen molar-refractivity contribution in [2.24, 2.45) is 5.92 Å². The van der Waals surface area contributed by atoms with Crippen LogP contribution in [0, 0.1) is 5.92 Å². The molecular weight excluding hydrogens is 248 g/mol. The van der Waals surface area contributed by atoms with Gasteiger partial charge in [-0.2, -0.15) is 0 Å². The van der Waals surface area contributed by atoms with Gasteiger partial charge in [0.05, 0.1) is 6.61 Å². The highest BCUT2D eigenvalue weighted by Gasteiger charge is 2.28. The number of likely N-dealkylation sites (tertiary alicyclic amines) is 1. The predicted molar refractivity (Wildman–Crippen MR) is 83.7 cm³/mol. The van der Waals surface area contributed by atoms with Crippen molar-refractivity contribution in [3.8, 4) is 0 Å². The summed E-state index contributed by atoms with van der Waals surface area (Å²) in [6.07, 6.45) is 1.23. The third-order valence-corrected chi connectivity index (χ3v) is 4.58. The standard InChI is InChI=1S/C17H28N2O/c1-13-11-19(3)14(2)9-17(13)18-10-15-7-5-6-8-16(15)12-20-4/h5-8,13-14,17-18H,9-12H2,1-4H3. The van der Waals surface area contributed by atoms with Crippen LogP contribution in [0.2, 0.25) is 0 Å². The van der Waals surface area contributed by atoms with E-state index >= 15 is 0 Å². The lowest BCUT2D eigenvalue weighted by Crippen LogP contribution is -2.50. The van der Waals surface area contributed by atoms with Crippen molar-refractivity contribution in [3.05, 3.63) is 35.4 Å². The Labute approximate surface area is 123 Å². The topological polar surface area (TPSA) is 24.5 Å². The summed E-state index contributed by atoms with van der Waals surface area (Å²) >= 11 is 0. The average molecular weight is 276 g/mol. The largest absolute Gasteiger partial charge is 0.380 e. The summed E-state index contributed by atoms with van der Waals surface area (Å²) in [6, 6.07) is 9.82. The minimum atomic E-state index is 0.608. The number of nitrogens with zero attached hydrogens (tertiary/aromatic N) is 1. The number of ether oxygens (including phenoxy) is 1. The van der Waals surface area contributed by atoms with Gasteiger partial charge in [-0.05, 0) is 37.4 Å². The molecule has 3 heteroatoms. The number of nitrogens with one attached hydrogen (secondary N) is 1. The minimum Gasteiger partial charge on any atom is -0.380 e. The fourth-order valence-electron chi connectivity index (χ4n) is 3.09. The van der Waals surface area contributed by atoms with E-state index in [1.54, 1.807) is 7.11 Å². The smallest absolute Gasteiger partial charge is 0.0716 e. The van der Waals surface area contributed by atoms with Crippen LogP contribution in [-0.4, -0.2) is 37.7 Å². The lowest BCUT2D eigenvalue weighted by Gasteiger charge is -2.40. The summed E-state index contributed by atoms with van der Waals surface area (Å²) in [5, 5.41) is 3.76. The van der Waals surface area contributed by atoms with Crippen molar-refractivity contribution in [2.75, 3.05) is 20.7 Å². The second-order valence-corrected chi connectivity index (χ2v) is 6.19. The number of hydrogen-bond acceptors (Lipinski definition) is 3. The average Bonchev–Trinajstić information content (AvgIpc) is 2.43. The van der Waals surface area contributed by atoms with Gasteiger partial charge in [0, 0.05) is 32.3 Å². The summed E-state index contributed by atoms with van der Waals surface area (Å²) in [7, 11) is 3.98. The van der Waals surface area contributed by atoms with Crippen molar-refractivity contribution in [1.29, 1.82) is 0 Å². The van der Waals surface area contributed by atoms with E-state index in [9.17, 15) is 0 Å². The number of piperidine rings is 1. The Kier molecular flexibility index (Phi) is 5.58. The zero-order valence-corrected chi connectivity index (χ0v) is 13.2. The first-order chi connectivity index (χ1) is 9.61. The lowest BCUT2D eigenvalue weighted by atomic mass is 9.89. The van der Waals surface area contributed by atoms with Gasteiger partial charge < -0.3 is 15.0 Å². The van der Waals surface area contributed by atoms with Crippen LogP contribution in [-0.2, 0) is 17.9 Å². The SMILES string of the molecule is COCc1ccccc1CNC1CC(C)N(C)CC1C. The number of hydrogen-bond donors (Lipinski definition) is 1. The molecule has 1 saturated heterocycles. The molecule has 112 valence electrons. The molecule has 3 atom stereocenters. The van der Waals surface area contributed by atoms with Gasteiger partial charge in [0.15, 0.2) is 0 Å². The van der Waals surface area contributed by atoms with E-state index < -0.39 is 0 Å². The molecule has 1 aromatic rings. The molecule has 3 unspecified atom stereocenters. The van der Waals surface area contributed by atoms with Gasteiger partial charge in [0.1, 0.15) is 0 Å². The van der Waals surface area contributed by atoms with Crippen molar-refractivity contribution in [2.45, 2.75) is 45.5 Å². The number of rotatable bonds is 5. The maximum atomic E-state index is 5.28. The Morgan fingerprint density at radius 1 is 1.25 bits per heavy atom. The van der Waals surface area contributed by atoms with Crippen LogP contribution < -0.4 is 5.32 Å². The van der Waals surface area contributed by atoms with Gasteiger partial charge in [-0.25, -0.2) is 0 Å². The molecule has 0 aromatic heterocycles. The lowest BCUT2D eigenvalue weighted by molar-refractivity contribution is 0.121. The Morgan fingerprint density at radius 2 is 1.95 bits per heavy atom. The van der Waals surface area contributed by atoms with Crippen LogP contribution in [0.3, 0.4) is 0 Å². The fraction of sp³-hybridized carbons (Fsp3) is 0.647. The molecule has 1 aliphatic heterocycles. The zero-order valence-electron chi connectivity index (χ0n) is 13.2. The molecule has 1 aromatic carbocycles. The summed E-state index contributed by atoms with van der Waals surface area (Å²) in [5.74, 6) is 0.700. The van der Waals surface area contributed by atoms with Crippen LogP contribution in [0.1, 0.15) is 31.4 Å². The van der Waals surface area contributed by atoms with E-state index in [1.165, 1.54) is 24.1 Å². The molecule has 3 nitrogen and oxygen atoms in total. The van der Waals surface area contributed by atoms with Crippen LogP contribution in [0.4, 0.5) is 0 Å². The first-order valence-corrected chi connectivity index (χ1v) is 7.61. The number of benzene rings is 1. The van der Waals surface area contributed by atoms with E-state index in [0.717, 1.165) is 6.54 Å². The molecule has 0 radical (unpaired) electrons. The van der Waals surface area contributed by atoms with E-state index in [1.807, 2.05) is 0 Å². The molecule has 20 heavy (non-hydrogen) atoms. The van der Waals surface area contributed by atoms with Crippen molar-refractivity contribution in [3.63, 3.8) is 0 Å². The Hall–Kier alpha value is -0.900. The Balaban J connectivity index is 1.95. The maximum absolute atomic E-state index is 5.28. The molecule has 0 bridgehead atoms. The predicted octanol–water partition coefficient (Wildman–Crippen LogP) is 2.65. The van der Waals surface area contributed by atoms with Crippen LogP contribution >= 0.6 is 0 Å². The first kappa shape index (κ1) is 15.5. The summed E-state index contributed by atoms with van der Waals surface area (Å²) in [6.45, 7) is 7.47. The van der Waals surface area contributed by atoms with E-state index in [4.69, 9.17) is 4.74 Å². The monoisotopic (exact) mass is 276 g/mol. The van der Waals surface area contributed by atoms with Crippen LogP contribution in [0.25, 0.3) is 0 Å². The van der Waals surface area contributed by atoms with E-state index in [-0.39, 0.29) is 0 Å². The first-order valence-electron chi connectivity index (χ1n) is 7.61. The highest BCUT2D eigenvalue weighted by molar-refractivity contribution is 5.26. The molecule has 1 N–H and O–H groups in total. The molecule has 0 aliphatic carbocycles.